The van der Waals surface area contributed by atoms with Gasteiger partial charge in [-0.05, 0) is 42.8 Å². The predicted molar refractivity (Wildman–Crippen MR) is 93.7 cm³/mol. The molecule has 0 aliphatic heterocycles. The summed E-state index contributed by atoms with van der Waals surface area (Å²) in [6, 6.07) is 8.64. The lowest BCUT2D eigenvalue weighted by atomic mass is 10.2. The number of rotatable bonds is 5. The van der Waals surface area contributed by atoms with Crippen LogP contribution in [0.5, 0.6) is 0 Å². The van der Waals surface area contributed by atoms with Gasteiger partial charge in [0.1, 0.15) is 0 Å². The summed E-state index contributed by atoms with van der Waals surface area (Å²) >= 11 is 3.28. The molecule has 0 bridgehead atoms. The molecule has 2 rings (SSSR count). The van der Waals surface area contributed by atoms with E-state index in [-0.39, 0.29) is 0 Å². The van der Waals surface area contributed by atoms with Gasteiger partial charge in [-0.2, -0.15) is 0 Å². The first-order valence-corrected chi connectivity index (χ1v) is 8.16. The second-order valence-corrected chi connectivity index (χ2v) is 6.09. The summed E-state index contributed by atoms with van der Waals surface area (Å²) in [4.78, 5) is 23.6. The van der Waals surface area contributed by atoms with Crippen LogP contribution in [0.2, 0.25) is 0 Å². The Morgan fingerprint density at radius 1 is 1.08 bits per heavy atom. The highest BCUT2D eigenvalue weighted by Gasteiger charge is 2.20. The maximum atomic E-state index is 13.5. The molecule has 4 nitrogen and oxygen atoms in total. The van der Waals surface area contributed by atoms with Gasteiger partial charge in [-0.25, -0.2) is 18.0 Å². The molecule has 0 fully saturated rings. The molecule has 8 heteroatoms. The van der Waals surface area contributed by atoms with Crippen LogP contribution in [0, 0.1) is 17.5 Å². The molecule has 2 aromatic carbocycles. The third-order valence-corrected chi connectivity index (χ3v) is 3.77. The number of esters is 1. The van der Waals surface area contributed by atoms with Crippen molar-refractivity contribution in [2.75, 3.05) is 5.32 Å². The van der Waals surface area contributed by atoms with E-state index in [1.165, 1.54) is 13.0 Å². The summed E-state index contributed by atoms with van der Waals surface area (Å²) in [6.45, 7) is 1.26. The van der Waals surface area contributed by atoms with Crippen molar-refractivity contribution >= 4 is 39.6 Å². The van der Waals surface area contributed by atoms with E-state index in [2.05, 4.69) is 15.9 Å². The van der Waals surface area contributed by atoms with Gasteiger partial charge in [0.05, 0.1) is 5.69 Å². The van der Waals surface area contributed by atoms with E-state index in [1.54, 1.807) is 24.3 Å². The third kappa shape index (κ3) is 5.19. The molecule has 0 heterocycles. The topological polar surface area (TPSA) is 55.4 Å². The monoisotopic (exact) mass is 427 g/mol. The van der Waals surface area contributed by atoms with E-state index >= 15 is 0 Å². The van der Waals surface area contributed by atoms with Crippen molar-refractivity contribution < 1.29 is 27.5 Å². The number of benzene rings is 2. The number of carbonyl (C=O) groups is 2. The first-order chi connectivity index (χ1) is 12.3. The maximum Gasteiger partial charge on any atom is 0.331 e. The summed E-state index contributed by atoms with van der Waals surface area (Å²) in [7, 11) is 0. The van der Waals surface area contributed by atoms with Crippen molar-refractivity contribution in [2.24, 2.45) is 0 Å². The SMILES string of the molecule is C[C@H](OC(=O)/C=C\c1ccc(Br)cc1)C(=O)Nc1ccc(F)c(F)c1F. The Bertz CT molecular complexity index is 854. The fraction of sp³-hybridized carbons (Fsp3) is 0.111. The molecule has 0 aromatic heterocycles. The van der Waals surface area contributed by atoms with Crippen molar-refractivity contribution in [3.05, 3.63) is 70.0 Å². The zero-order valence-corrected chi connectivity index (χ0v) is 15.0. The number of anilines is 1. The molecule has 0 unspecified atom stereocenters. The predicted octanol–water partition coefficient (Wildman–Crippen LogP) is 4.45. The Morgan fingerprint density at radius 2 is 1.73 bits per heavy atom. The van der Waals surface area contributed by atoms with Gasteiger partial charge in [0.25, 0.3) is 5.91 Å². The fourth-order valence-corrected chi connectivity index (χ4v) is 2.13. The normalized spacial score (nSPS) is 12.0. The number of amides is 1. The Morgan fingerprint density at radius 3 is 2.38 bits per heavy atom. The average Bonchev–Trinajstić information content (AvgIpc) is 2.61. The molecular weight excluding hydrogens is 415 g/mol. The molecule has 136 valence electrons. The maximum absolute atomic E-state index is 13.5. The van der Waals surface area contributed by atoms with Crippen LogP contribution in [0.25, 0.3) is 6.08 Å². The van der Waals surface area contributed by atoms with Gasteiger partial charge in [0.2, 0.25) is 0 Å². The molecule has 26 heavy (non-hydrogen) atoms. The van der Waals surface area contributed by atoms with Gasteiger partial charge >= 0.3 is 5.97 Å². The summed E-state index contributed by atoms with van der Waals surface area (Å²) in [6.07, 6.45) is 1.35. The van der Waals surface area contributed by atoms with Crippen LogP contribution < -0.4 is 5.32 Å². The summed E-state index contributed by atoms with van der Waals surface area (Å²) in [5.41, 5.74) is 0.188. The largest absolute Gasteiger partial charge is 0.449 e. The van der Waals surface area contributed by atoms with Crippen molar-refractivity contribution in [2.45, 2.75) is 13.0 Å². The number of hydrogen-bond acceptors (Lipinski definition) is 3. The van der Waals surface area contributed by atoms with Gasteiger partial charge in [-0.3, -0.25) is 4.79 Å². The zero-order chi connectivity index (χ0) is 19.3. The second kappa shape index (κ2) is 8.66. The highest BCUT2D eigenvalue weighted by Crippen LogP contribution is 2.20. The molecule has 1 atom stereocenters. The van der Waals surface area contributed by atoms with Gasteiger partial charge < -0.3 is 10.1 Å². The first-order valence-electron chi connectivity index (χ1n) is 7.36. The van der Waals surface area contributed by atoms with Crippen LogP contribution in [0.4, 0.5) is 18.9 Å². The van der Waals surface area contributed by atoms with Crippen molar-refractivity contribution in [3.8, 4) is 0 Å². The Labute approximate surface area is 155 Å². The summed E-state index contributed by atoms with van der Waals surface area (Å²) in [5.74, 6) is -6.29. The number of halogens is 4. The molecule has 1 N–H and O–H groups in total. The minimum Gasteiger partial charge on any atom is -0.449 e. The minimum atomic E-state index is -1.70. The summed E-state index contributed by atoms with van der Waals surface area (Å²) < 4.78 is 45.3. The van der Waals surface area contributed by atoms with E-state index < -0.39 is 41.1 Å². The van der Waals surface area contributed by atoms with Crippen molar-refractivity contribution in [3.63, 3.8) is 0 Å². The molecular formula is C18H13BrF3NO3. The average molecular weight is 428 g/mol. The molecule has 0 radical (unpaired) electrons. The number of carbonyl (C=O) groups excluding carboxylic acids is 2. The Hall–Kier alpha value is -2.61. The molecule has 0 saturated carbocycles. The van der Waals surface area contributed by atoms with Gasteiger partial charge in [0.15, 0.2) is 23.6 Å². The van der Waals surface area contributed by atoms with Gasteiger partial charge in [-0.15, -0.1) is 0 Å². The van der Waals surface area contributed by atoms with E-state index in [1.807, 2.05) is 5.32 Å². The lowest BCUT2D eigenvalue weighted by molar-refractivity contribution is -0.148. The van der Waals surface area contributed by atoms with E-state index in [9.17, 15) is 22.8 Å². The van der Waals surface area contributed by atoms with Crippen LogP contribution in [0.1, 0.15) is 12.5 Å². The van der Waals surface area contributed by atoms with E-state index in [0.29, 0.717) is 6.07 Å². The van der Waals surface area contributed by atoms with Crippen LogP contribution in [-0.2, 0) is 14.3 Å². The highest BCUT2D eigenvalue weighted by molar-refractivity contribution is 9.10. The van der Waals surface area contributed by atoms with Crippen LogP contribution >= 0.6 is 15.9 Å². The Balaban J connectivity index is 1.95. The molecule has 0 saturated heterocycles. The van der Waals surface area contributed by atoms with Crippen LogP contribution in [-0.4, -0.2) is 18.0 Å². The highest BCUT2D eigenvalue weighted by atomic mass is 79.9. The molecule has 0 aliphatic carbocycles. The smallest absolute Gasteiger partial charge is 0.331 e. The quantitative estimate of drug-likeness (QED) is 0.435. The fourth-order valence-electron chi connectivity index (χ4n) is 1.86. The van der Waals surface area contributed by atoms with Crippen LogP contribution in [0.15, 0.2) is 46.9 Å². The van der Waals surface area contributed by atoms with Crippen molar-refractivity contribution in [1.29, 1.82) is 0 Å². The molecule has 2 aromatic rings. The third-order valence-electron chi connectivity index (χ3n) is 3.24. The van der Waals surface area contributed by atoms with Gasteiger partial charge in [0, 0.05) is 10.5 Å². The number of nitrogens with one attached hydrogen (secondary N) is 1. The molecule has 1 amide bonds. The lowest BCUT2D eigenvalue weighted by Gasteiger charge is -2.13. The van der Waals surface area contributed by atoms with Gasteiger partial charge in [-0.1, -0.05) is 28.1 Å². The van der Waals surface area contributed by atoms with E-state index in [0.717, 1.165) is 22.2 Å². The van der Waals surface area contributed by atoms with Crippen LogP contribution in [0.3, 0.4) is 0 Å². The number of hydrogen-bond donors (Lipinski definition) is 1. The zero-order valence-electron chi connectivity index (χ0n) is 13.4. The number of ether oxygens (including phenoxy) is 1. The first kappa shape index (κ1) is 19.7. The molecule has 0 spiro atoms. The van der Waals surface area contributed by atoms with Crippen molar-refractivity contribution in [1.82, 2.24) is 0 Å². The second-order valence-electron chi connectivity index (χ2n) is 5.18. The minimum absolute atomic E-state index is 0.554. The van der Waals surface area contributed by atoms with E-state index in [4.69, 9.17) is 4.74 Å². The lowest BCUT2D eigenvalue weighted by Crippen LogP contribution is -2.29. The molecule has 0 aliphatic rings. The summed E-state index contributed by atoms with van der Waals surface area (Å²) in [5, 5.41) is 2.04. The standard InChI is InChI=1S/C18H13BrF3NO3/c1-10(18(25)23-14-8-7-13(20)16(21)17(14)22)26-15(24)9-4-11-2-5-12(19)6-3-11/h2-10H,1H3,(H,23,25)/b9-4-/t10-/m0/s1. The Kier molecular flexibility index (Phi) is 6.57.